The minimum Gasteiger partial charge on any atom is -0.399 e. The predicted octanol–water partition coefficient (Wildman–Crippen LogP) is 2.83. The summed E-state index contributed by atoms with van der Waals surface area (Å²) in [5, 5.41) is 2.29. The first-order valence-electron chi connectivity index (χ1n) is 6.62. The molecule has 0 saturated heterocycles. The molecule has 6 heteroatoms. The molecule has 0 saturated carbocycles. The van der Waals surface area contributed by atoms with E-state index in [1.807, 2.05) is 6.92 Å². The van der Waals surface area contributed by atoms with Gasteiger partial charge in [0.25, 0.3) is 0 Å². The third kappa shape index (κ3) is 4.59. The summed E-state index contributed by atoms with van der Waals surface area (Å²) < 4.78 is 13.1. The molecule has 0 fully saturated rings. The van der Waals surface area contributed by atoms with Gasteiger partial charge >= 0.3 is 0 Å². The molecular weight excluding hydrogens is 340 g/mol. The summed E-state index contributed by atoms with van der Waals surface area (Å²) in [6, 6.07) is 5.16. The van der Waals surface area contributed by atoms with Crippen LogP contribution in [0, 0.1) is 0 Å². The first-order valence-corrected chi connectivity index (χ1v) is 8.63. The minimum absolute atomic E-state index is 0.0989. The van der Waals surface area contributed by atoms with E-state index in [-0.39, 0.29) is 11.9 Å². The van der Waals surface area contributed by atoms with Gasteiger partial charge in [-0.1, -0.05) is 13.3 Å². The van der Waals surface area contributed by atoms with Crippen LogP contribution in [0.15, 0.2) is 27.6 Å². The third-order valence-electron chi connectivity index (χ3n) is 2.97. The number of hydrogen-bond acceptors (Lipinski definition) is 3. The number of carbonyl (C=O) groups excluding carboxylic acids is 1. The van der Waals surface area contributed by atoms with Gasteiger partial charge in [0.1, 0.15) is 5.25 Å². The molecule has 0 aliphatic heterocycles. The van der Waals surface area contributed by atoms with Crippen molar-refractivity contribution in [3.05, 3.63) is 22.7 Å². The van der Waals surface area contributed by atoms with Gasteiger partial charge in [-0.15, -0.1) is 0 Å². The fourth-order valence-corrected chi connectivity index (χ4v) is 3.81. The standard InChI is InChI=1S/C14H21BrN2O2S/c1-4-5-9(2)17-14(18)10(3)20(19)13-7-6-11(16)8-12(13)15/h6-10H,4-5,16H2,1-3H3,(H,17,18). The number of amides is 1. The van der Waals surface area contributed by atoms with Gasteiger partial charge in [-0.05, 0) is 54.4 Å². The van der Waals surface area contributed by atoms with Crippen molar-refractivity contribution in [3.8, 4) is 0 Å². The summed E-state index contributed by atoms with van der Waals surface area (Å²) in [6.07, 6.45) is 1.92. The predicted molar refractivity (Wildman–Crippen MR) is 86.9 cm³/mol. The molecule has 3 unspecified atom stereocenters. The Bertz CT molecular complexity index is 508. The minimum atomic E-state index is -1.41. The van der Waals surface area contributed by atoms with Crippen LogP contribution in [0.4, 0.5) is 5.69 Å². The van der Waals surface area contributed by atoms with Crippen molar-refractivity contribution in [2.75, 3.05) is 5.73 Å². The van der Waals surface area contributed by atoms with Gasteiger partial charge in [0.05, 0.1) is 15.7 Å². The normalized spacial score (nSPS) is 15.4. The molecule has 20 heavy (non-hydrogen) atoms. The van der Waals surface area contributed by atoms with Crippen LogP contribution in [0.3, 0.4) is 0 Å². The third-order valence-corrected chi connectivity index (χ3v) is 5.54. The van der Waals surface area contributed by atoms with Crippen LogP contribution in [0.5, 0.6) is 0 Å². The Balaban J connectivity index is 2.78. The van der Waals surface area contributed by atoms with Gasteiger partial charge in [-0.2, -0.15) is 0 Å². The summed E-state index contributed by atoms with van der Waals surface area (Å²) in [5.74, 6) is -0.187. The first kappa shape index (κ1) is 17.2. The molecule has 0 aliphatic carbocycles. The number of rotatable bonds is 6. The topological polar surface area (TPSA) is 72.2 Å². The molecule has 1 aromatic carbocycles. The molecule has 112 valence electrons. The van der Waals surface area contributed by atoms with Crippen molar-refractivity contribution in [2.24, 2.45) is 0 Å². The molecule has 0 spiro atoms. The number of anilines is 1. The fourth-order valence-electron chi connectivity index (χ4n) is 1.83. The quantitative estimate of drug-likeness (QED) is 0.766. The van der Waals surface area contributed by atoms with E-state index < -0.39 is 16.0 Å². The Hall–Kier alpha value is -0.880. The van der Waals surface area contributed by atoms with Crippen LogP contribution in [-0.2, 0) is 15.6 Å². The highest BCUT2D eigenvalue weighted by molar-refractivity contribution is 9.10. The molecule has 1 amide bonds. The molecule has 0 aliphatic rings. The first-order chi connectivity index (χ1) is 9.36. The van der Waals surface area contributed by atoms with Gasteiger partial charge in [0, 0.05) is 16.2 Å². The van der Waals surface area contributed by atoms with Crippen LogP contribution in [-0.4, -0.2) is 21.4 Å². The SMILES string of the molecule is CCCC(C)NC(=O)C(C)S(=O)c1ccc(N)cc1Br. The van der Waals surface area contributed by atoms with Crippen LogP contribution in [0.2, 0.25) is 0 Å². The van der Waals surface area contributed by atoms with Crippen molar-refractivity contribution in [3.63, 3.8) is 0 Å². The van der Waals surface area contributed by atoms with E-state index in [0.29, 0.717) is 15.1 Å². The second-order valence-electron chi connectivity index (χ2n) is 4.83. The maximum Gasteiger partial charge on any atom is 0.236 e. The molecule has 3 N–H and O–H groups in total. The summed E-state index contributed by atoms with van der Waals surface area (Å²) in [4.78, 5) is 12.7. The largest absolute Gasteiger partial charge is 0.399 e. The highest BCUT2D eigenvalue weighted by Crippen LogP contribution is 2.25. The smallest absolute Gasteiger partial charge is 0.236 e. The average molecular weight is 361 g/mol. The fraction of sp³-hybridized carbons (Fsp3) is 0.500. The molecule has 0 bridgehead atoms. The van der Waals surface area contributed by atoms with E-state index >= 15 is 0 Å². The molecule has 0 radical (unpaired) electrons. The van der Waals surface area contributed by atoms with Crippen molar-refractivity contribution in [1.82, 2.24) is 5.32 Å². The zero-order valence-electron chi connectivity index (χ0n) is 12.0. The highest BCUT2D eigenvalue weighted by Gasteiger charge is 2.23. The second-order valence-corrected chi connectivity index (χ2v) is 7.42. The summed E-state index contributed by atoms with van der Waals surface area (Å²) in [6.45, 7) is 5.69. The lowest BCUT2D eigenvalue weighted by molar-refractivity contribution is -0.121. The highest BCUT2D eigenvalue weighted by atomic mass is 79.9. The van der Waals surface area contributed by atoms with E-state index in [0.717, 1.165) is 12.8 Å². The maximum absolute atomic E-state index is 12.4. The maximum atomic E-state index is 12.4. The van der Waals surface area contributed by atoms with E-state index in [4.69, 9.17) is 5.73 Å². The van der Waals surface area contributed by atoms with Crippen LogP contribution >= 0.6 is 15.9 Å². The molecular formula is C14H21BrN2O2S. The second kappa shape index (κ2) is 7.78. The lowest BCUT2D eigenvalue weighted by Gasteiger charge is -2.17. The summed E-state index contributed by atoms with van der Waals surface area (Å²) in [7, 11) is -1.41. The average Bonchev–Trinajstić information content (AvgIpc) is 2.37. The lowest BCUT2D eigenvalue weighted by Crippen LogP contribution is -2.40. The Labute approximate surface area is 131 Å². The van der Waals surface area contributed by atoms with Gasteiger partial charge in [0.15, 0.2) is 0 Å². The van der Waals surface area contributed by atoms with Crippen LogP contribution in [0.1, 0.15) is 33.6 Å². The lowest BCUT2D eigenvalue weighted by atomic mass is 10.2. The Morgan fingerprint density at radius 1 is 1.45 bits per heavy atom. The van der Waals surface area contributed by atoms with Crippen molar-refractivity contribution in [2.45, 2.75) is 49.8 Å². The van der Waals surface area contributed by atoms with E-state index in [1.165, 1.54) is 0 Å². The Morgan fingerprint density at radius 3 is 2.65 bits per heavy atom. The van der Waals surface area contributed by atoms with Crippen LogP contribution < -0.4 is 11.1 Å². The molecule has 4 nitrogen and oxygen atoms in total. The molecule has 1 rings (SSSR count). The zero-order chi connectivity index (χ0) is 15.3. The number of hydrogen-bond donors (Lipinski definition) is 2. The van der Waals surface area contributed by atoms with Crippen molar-refractivity contribution < 1.29 is 9.00 Å². The number of nitrogens with two attached hydrogens (primary N) is 1. The van der Waals surface area contributed by atoms with Crippen molar-refractivity contribution in [1.29, 1.82) is 0 Å². The van der Waals surface area contributed by atoms with Gasteiger partial charge < -0.3 is 11.1 Å². The summed E-state index contributed by atoms with van der Waals surface area (Å²) >= 11 is 3.34. The van der Waals surface area contributed by atoms with Gasteiger partial charge in [-0.3, -0.25) is 9.00 Å². The Kier molecular flexibility index (Phi) is 6.68. The van der Waals surface area contributed by atoms with Gasteiger partial charge in [0.2, 0.25) is 5.91 Å². The number of benzene rings is 1. The number of carbonyl (C=O) groups is 1. The summed E-state index contributed by atoms with van der Waals surface area (Å²) in [5.41, 5.74) is 6.24. The molecule has 1 aromatic rings. The number of nitrogens with one attached hydrogen (secondary N) is 1. The monoisotopic (exact) mass is 360 g/mol. The number of halogens is 1. The van der Waals surface area contributed by atoms with E-state index in [1.54, 1.807) is 25.1 Å². The molecule has 3 atom stereocenters. The Morgan fingerprint density at radius 2 is 2.10 bits per heavy atom. The zero-order valence-corrected chi connectivity index (χ0v) is 14.4. The van der Waals surface area contributed by atoms with Crippen LogP contribution in [0.25, 0.3) is 0 Å². The molecule has 0 heterocycles. The van der Waals surface area contributed by atoms with E-state index in [9.17, 15) is 9.00 Å². The van der Waals surface area contributed by atoms with Gasteiger partial charge in [-0.25, -0.2) is 0 Å². The molecule has 0 aromatic heterocycles. The van der Waals surface area contributed by atoms with E-state index in [2.05, 4.69) is 28.2 Å². The number of nitrogen functional groups attached to an aromatic ring is 1. The van der Waals surface area contributed by atoms with Crippen molar-refractivity contribution >= 4 is 38.3 Å².